The van der Waals surface area contributed by atoms with E-state index in [0.29, 0.717) is 12.3 Å². The number of aryl methyl sites for hydroxylation is 1. The van der Waals surface area contributed by atoms with E-state index in [2.05, 4.69) is 15.5 Å². The lowest BCUT2D eigenvalue weighted by Gasteiger charge is -2.15. The van der Waals surface area contributed by atoms with Crippen molar-refractivity contribution in [2.24, 2.45) is 18.7 Å². The standard InChI is InChI=1S/C16H21N5O.ClH/c1-21-10-18-20-16(21)12-5-2-6-13(8-12)19-15(22)9-11-4-3-7-14(11)17;/h2,5-6,8,10-11,14H,3-4,7,9,17H2,1H3,(H,19,22);1H/t11-,14+;/m0./s1. The van der Waals surface area contributed by atoms with Crippen LogP contribution in [0.2, 0.25) is 0 Å². The molecule has 7 heteroatoms. The van der Waals surface area contributed by atoms with Crippen LogP contribution in [-0.2, 0) is 11.8 Å². The number of nitrogens with zero attached hydrogens (tertiary/aromatic N) is 3. The van der Waals surface area contributed by atoms with Gasteiger partial charge >= 0.3 is 0 Å². The van der Waals surface area contributed by atoms with Crippen LogP contribution in [0.25, 0.3) is 11.4 Å². The van der Waals surface area contributed by atoms with Crippen molar-refractivity contribution in [2.75, 3.05) is 5.32 Å². The summed E-state index contributed by atoms with van der Waals surface area (Å²) in [4.78, 5) is 12.2. The monoisotopic (exact) mass is 335 g/mol. The Hall–Kier alpha value is -1.92. The van der Waals surface area contributed by atoms with Crippen LogP contribution in [0.4, 0.5) is 5.69 Å². The summed E-state index contributed by atoms with van der Waals surface area (Å²) in [5.74, 6) is 1.10. The van der Waals surface area contributed by atoms with Crippen molar-refractivity contribution in [1.82, 2.24) is 14.8 Å². The smallest absolute Gasteiger partial charge is 0.224 e. The Kier molecular flexibility index (Phi) is 5.74. The number of rotatable bonds is 4. The highest BCUT2D eigenvalue weighted by Crippen LogP contribution is 2.27. The van der Waals surface area contributed by atoms with E-state index in [4.69, 9.17) is 5.73 Å². The molecule has 1 aromatic carbocycles. The maximum Gasteiger partial charge on any atom is 0.224 e. The van der Waals surface area contributed by atoms with Gasteiger partial charge < -0.3 is 15.6 Å². The summed E-state index contributed by atoms with van der Waals surface area (Å²) in [6.07, 6.45) is 5.35. The van der Waals surface area contributed by atoms with E-state index in [-0.39, 0.29) is 24.4 Å². The zero-order valence-electron chi connectivity index (χ0n) is 13.1. The zero-order chi connectivity index (χ0) is 15.5. The summed E-state index contributed by atoms with van der Waals surface area (Å²) < 4.78 is 1.85. The molecule has 0 bridgehead atoms. The second kappa shape index (κ2) is 7.57. The Morgan fingerprint density at radius 1 is 1.43 bits per heavy atom. The maximum absolute atomic E-state index is 12.2. The quantitative estimate of drug-likeness (QED) is 0.898. The number of hydrogen-bond donors (Lipinski definition) is 2. The third kappa shape index (κ3) is 4.09. The zero-order valence-corrected chi connectivity index (χ0v) is 13.9. The SMILES string of the molecule is Cl.Cn1cnnc1-c1cccc(NC(=O)C[C@@H]2CCC[C@H]2N)c1. The van der Waals surface area contributed by atoms with E-state index in [1.54, 1.807) is 6.33 Å². The number of carbonyl (C=O) groups excluding carboxylic acids is 1. The highest BCUT2D eigenvalue weighted by Gasteiger charge is 2.26. The van der Waals surface area contributed by atoms with Crippen molar-refractivity contribution in [3.8, 4) is 11.4 Å². The number of nitrogens with two attached hydrogens (primary N) is 1. The highest BCUT2D eigenvalue weighted by molar-refractivity contribution is 5.91. The number of nitrogens with one attached hydrogen (secondary N) is 1. The van der Waals surface area contributed by atoms with Crippen molar-refractivity contribution in [3.05, 3.63) is 30.6 Å². The highest BCUT2D eigenvalue weighted by atomic mass is 35.5. The van der Waals surface area contributed by atoms with E-state index < -0.39 is 0 Å². The predicted molar refractivity (Wildman–Crippen MR) is 92.3 cm³/mol. The Balaban J connectivity index is 0.00000192. The first-order valence-corrected chi connectivity index (χ1v) is 7.63. The minimum Gasteiger partial charge on any atom is -0.327 e. The maximum atomic E-state index is 12.2. The van der Waals surface area contributed by atoms with E-state index in [9.17, 15) is 4.79 Å². The fourth-order valence-corrected chi connectivity index (χ4v) is 3.05. The fourth-order valence-electron chi connectivity index (χ4n) is 3.05. The van der Waals surface area contributed by atoms with Gasteiger partial charge in [-0.3, -0.25) is 4.79 Å². The van der Waals surface area contributed by atoms with Crippen LogP contribution in [0.1, 0.15) is 25.7 Å². The van der Waals surface area contributed by atoms with Crippen LogP contribution in [0.15, 0.2) is 30.6 Å². The number of halogens is 1. The summed E-state index contributed by atoms with van der Waals surface area (Å²) in [5, 5.41) is 10.9. The summed E-state index contributed by atoms with van der Waals surface area (Å²) >= 11 is 0. The van der Waals surface area contributed by atoms with Gasteiger partial charge in [0.15, 0.2) is 5.82 Å². The average molecular weight is 336 g/mol. The van der Waals surface area contributed by atoms with Gasteiger partial charge in [-0.25, -0.2) is 0 Å². The first-order chi connectivity index (χ1) is 10.6. The molecule has 1 aromatic heterocycles. The lowest BCUT2D eigenvalue weighted by Crippen LogP contribution is -2.28. The summed E-state index contributed by atoms with van der Waals surface area (Å²) in [5.41, 5.74) is 7.73. The number of benzene rings is 1. The molecule has 0 aliphatic heterocycles. The molecular weight excluding hydrogens is 314 g/mol. The molecule has 1 fully saturated rings. The topological polar surface area (TPSA) is 85.8 Å². The minimum absolute atomic E-state index is 0. The molecule has 0 unspecified atom stereocenters. The second-order valence-corrected chi connectivity index (χ2v) is 5.95. The van der Waals surface area contributed by atoms with Crippen LogP contribution in [-0.4, -0.2) is 26.7 Å². The molecule has 3 rings (SSSR count). The molecule has 1 heterocycles. The van der Waals surface area contributed by atoms with Crippen LogP contribution in [0, 0.1) is 5.92 Å². The fraction of sp³-hybridized carbons (Fsp3) is 0.438. The number of hydrogen-bond acceptors (Lipinski definition) is 4. The molecule has 0 radical (unpaired) electrons. The van der Waals surface area contributed by atoms with Gasteiger partial charge in [-0.2, -0.15) is 0 Å². The molecule has 124 valence electrons. The van der Waals surface area contributed by atoms with Crippen molar-refractivity contribution < 1.29 is 4.79 Å². The molecule has 1 saturated carbocycles. The predicted octanol–water partition coefficient (Wildman–Crippen LogP) is 2.36. The molecule has 23 heavy (non-hydrogen) atoms. The summed E-state index contributed by atoms with van der Waals surface area (Å²) in [6.45, 7) is 0. The number of anilines is 1. The molecule has 6 nitrogen and oxygen atoms in total. The van der Waals surface area contributed by atoms with Gasteiger partial charge in [0.25, 0.3) is 0 Å². The first kappa shape index (κ1) is 17.4. The third-order valence-corrected chi connectivity index (χ3v) is 4.28. The Labute approximate surface area is 141 Å². The van der Waals surface area contributed by atoms with Crippen LogP contribution in [0.5, 0.6) is 0 Å². The van der Waals surface area contributed by atoms with Gasteiger partial charge in [-0.15, -0.1) is 22.6 Å². The van der Waals surface area contributed by atoms with Crippen molar-refractivity contribution in [2.45, 2.75) is 31.7 Å². The molecule has 1 aliphatic carbocycles. The van der Waals surface area contributed by atoms with E-state index in [1.807, 2.05) is 35.9 Å². The van der Waals surface area contributed by atoms with E-state index >= 15 is 0 Å². The molecule has 1 aliphatic rings. The van der Waals surface area contributed by atoms with E-state index in [0.717, 1.165) is 36.3 Å². The molecule has 3 N–H and O–H groups in total. The largest absolute Gasteiger partial charge is 0.327 e. The van der Waals surface area contributed by atoms with Gasteiger partial charge in [0.05, 0.1) is 0 Å². The Bertz CT molecular complexity index is 672. The van der Waals surface area contributed by atoms with Crippen LogP contribution in [0.3, 0.4) is 0 Å². The van der Waals surface area contributed by atoms with Crippen molar-refractivity contribution >= 4 is 24.0 Å². The normalized spacial score (nSPS) is 20.1. The van der Waals surface area contributed by atoms with Crippen molar-refractivity contribution in [1.29, 1.82) is 0 Å². The van der Waals surface area contributed by atoms with Gasteiger partial charge in [0, 0.05) is 30.8 Å². The molecule has 0 spiro atoms. The molecule has 2 atom stereocenters. The minimum atomic E-state index is 0. The molecular formula is C16H22ClN5O. The number of aromatic nitrogens is 3. The summed E-state index contributed by atoms with van der Waals surface area (Å²) in [6, 6.07) is 7.81. The van der Waals surface area contributed by atoms with E-state index in [1.165, 1.54) is 0 Å². The Morgan fingerprint density at radius 2 is 2.26 bits per heavy atom. The Morgan fingerprint density at radius 3 is 2.91 bits per heavy atom. The lowest BCUT2D eigenvalue weighted by molar-refractivity contribution is -0.117. The molecule has 1 amide bonds. The first-order valence-electron chi connectivity index (χ1n) is 7.63. The third-order valence-electron chi connectivity index (χ3n) is 4.28. The number of carbonyl (C=O) groups is 1. The second-order valence-electron chi connectivity index (χ2n) is 5.95. The van der Waals surface area contributed by atoms with Crippen LogP contribution < -0.4 is 11.1 Å². The average Bonchev–Trinajstić information content (AvgIpc) is 3.08. The van der Waals surface area contributed by atoms with Crippen LogP contribution >= 0.6 is 12.4 Å². The molecule has 0 saturated heterocycles. The summed E-state index contributed by atoms with van der Waals surface area (Å²) in [7, 11) is 1.89. The molecule has 2 aromatic rings. The van der Waals surface area contributed by atoms with Gasteiger partial charge in [0.1, 0.15) is 6.33 Å². The van der Waals surface area contributed by atoms with Gasteiger partial charge in [-0.1, -0.05) is 18.6 Å². The van der Waals surface area contributed by atoms with Crippen molar-refractivity contribution in [3.63, 3.8) is 0 Å². The van der Waals surface area contributed by atoms with Gasteiger partial charge in [-0.05, 0) is 30.9 Å². The number of amides is 1. The lowest BCUT2D eigenvalue weighted by atomic mass is 10.00. The van der Waals surface area contributed by atoms with Gasteiger partial charge in [0.2, 0.25) is 5.91 Å².